The third-order valence-corrected chi connectivity index (χ3v) is 6.75. The summed E-state index contributed by atoms with van der Waals surface area (Å²) >= 11 is 0. The van der Waals surface area contributed by atoms with Crippen molar-refractivity contribution in [3.8, 4) is 45.6 Å². The Balaban J connectivity index is 1.79. The SMILES string of the molecule is COc1cc(CCc2ccc(O)cc2)c(-c2cc(OC)c(OC)cc2CCc2ccc(O)cc2)cc1OC. The zero-order valence-electron chi connectivity index (χ0n) is 22.3. The van der Waals surface area contributed by atoms with Crippen molar-refractivity contribution in [2.24, 2.45) is 0 Å². The number of hydrogen-bond donors (Lipinski definition) is 2. The van der Waals surface area contributed by atoms with E-state index in [0.29, 0.717) is 23.0 Å². The summed E-state index contributed by atoms with van der Waals surface area (Å²) in [6.45, 7) is 0. The molecule has 0 aliphatic heterocycles. The summed E-state index contributed by atoms with van der Waals surface area (Å²) in [5.74, 6) is 3.14. The lowest BCUT2D eigenvalue weighted by molar-refractivity contribution is 0.354. The van der Waals surface area contributed by atoms with Crippen LogP contribution in [0.25, 0.3) is 11.1 Å². The maximum atomic E-state index is 9.66. The molecule has 0 unspecified atom stereocenters. The van der Waals surface area contributed by atoms with E-state index in [2.05, 4.69) is 0 Å². The summed E-state index contributed by atoms with van der Waals surface area (Å²) < 4.78 is 22.6. The molecule has 0 spiro atoms. The summed E-state index contributed by atoms with van der Waals surface area (Å²) in [4.78, 5) is 0. The van der Waals surface area contributed by atoms with Gasteiger partial charge < -0.3 is 29.2 Å². The Kier molecular flexibility index (Phi) is 8.64. The first kappa shape index (κ1) is 26.7. The van der Waals surface area contributed by atoms with Crippen molar-refractivity contribution in [3.05, 3.63) is 95.1 Å². The number of aryl methyl sites for hydroxylation is 4. The van der Waals surface area contributed by atoms with Gasteiger partial charge in [-0.2, -0.15) is 0 Å². The molecule has 0 bridgehead atoms. The van der Waals surface area contributed by atoms with Gasteiger partial charge in [0, 0.05) is 0 Å². The van der Waals surface area contributed by atoms with Crippen molar-refractivity contribution in [1.29, 1.82) is 0 Å². The molecule has 4 rings (SSSR count). The van der Waals surface area contributed by atoms with Crippen LogP contribution in [-0.2, 0) is 25.7 Å². The summed E-state index contributed by atoms with van der Waals surface area (Å²) in [6, 6.07) is 22.7. The minimum Gasteiger partial charge on any atom is -0.508 e. The largest absolute Gasteiger partial charge is 0.508 e. The van der Waals surface area contributed by atoms with E-state index in [9.17, 15) is 10.2 Å². The number of hydrogen-bond acceptors (Lipinski definition) is 6. The van der Waals surface area contributed by atoms with Gasteiger partial charge in [-0.3, -0.25) is 0 Å². The van der Waals surface area contributed by atoms with Crippen molar-refractivity contribution in [3.63, 3.8) is 0 Å². The molecule has 6 heteroatoms. The van der Waals surface area contributed by atoms with E-state index < -0.39 is 0 Å². The van der Waals surface area contributed by atoms with Crippen LogP contribution in [0.4, 0.5) is 0 Å². The predicted octanol–water partition coefficient (Wildman–Crippen LogP) is 6.37. The van der Waals surface area contributed by atoms with Crippen LogP contribution in [0.3, 0.4) is 0 Å². The van der Waals surface area contributed by atoms with E-state index in [1.807, 2.05) is 48.5 Å². The Bertz CT molecular complexity index is 1250. The van der Waals surface area contributed by atoms with E-state index in [-0.39, 0.29) is 11.5 Å². The molecule has 0 amide bonds. The fourth-order valence-corrected chi connectivity index (χ4v) is 4.64. The summed E-state index contributed by atoms with van der Waals surface area (Å²) in [5, 5.41) is 19.3. The Morgan fingerprint density at radius 1 is 0.447 bits per heavy atom. The van der Waals surface area contributed by atoms with E-state index in [0.717, 1.165) is 59.1 Å². The molecule has 4 aromatic carbocycles. The fourth-order valence-electron chi connectivity index (χ4n) is 4.64. The third kappa shape index (κ3) is 6.14. The zero-order chi connectivity index (χ0) is 27.1. The van der Waals surface area contributed by atoms with Gasteiger partial charge in [-0.15, -0.1) is 0 Å². The Hall–Kier alpha value is -4.32. The molecular formula is C32H34O6. The summed E-state index contributed by atoms with van der Waals surface area (Å²) in [5.41, 5.74) is 6.53. The first-order valence-corrected chi connectivity index (χ1v) is 12.5. The fraction of sp³-hybridized carbons (Fsp3) is 0.250. The monoisotopic (exact) mass is 514 g/mol. The van der Waals surface area contributed by atoms with Crippen LogP contribution in [0.1, 0.15) is 22.3 Å². The molecule has 0 saturated carbocycles. The quantitative estimate of drug-likeness (QED) is 0.242. The van der Waals surface area contributed by atoms with Crippen LogP contribution < -0.4 is 18.9 Å². The van der Waals surface area contributed by atoms with Crippen molar-refractivity contribution < 1.29 is 29.2 Å². The number of rotatable bonds is 11. The molecule has 4 aromatic rings. The maximum absolute atomic E-state index is 9.66. The molecule has 198 valence electrons. The smallest absolute Gasteiger partial charge is 0.161 e. The van der Waals surface area contributed by atoms with Gasteiger partial charge in [0.2, 0.25) is 0 Å². The van der Waals surface area contributed by atoms with Crippen LogP contribution >= 0.6 is 0 Å². The minimum atomic E-state index is 0.254. The number of aromatic hydroxyl groups is 2. The highest BCUT2D eigenvalue weighted by Crippen LogP contribution is 2.42. The molecule has 0 aliphatic rings. The number of benzene rings is 4. The molecule has 2 N–H and O–H groups in total. The van der Waals surface area contributed by atoms with Gasteiger partial charge >= 0.3 is 0 Å². The maximum Gasteiger partial charge on any atom is 0.161 e. The third-order valence-electron chi connectivity index (χ3n) is 6.75. The highest BCUT2D eigenvalue weighted by molar-refractivity contribution is 5.77. The lowest BCUT2D eigenvalue weighted by Crippen LogP contribution is -2.03. The molecule has 0 saturated heterocycles. The topological polar surface area (TPSA) is 77.4 Å². The molecule has 0 heterocycles. The Morgan fingerprint density at radius 2 is 0.763 bits per heavy atom. The molecule has 0 atom stereocenters. The minimum absolute atomic E-state index is 0.254. The highest BCUT2D eigenvalue weighted by Gasteiger charge is 2.19. The second-order valence-electron chi connectivity index (χ2n) is 9.06. The molecule has 0 radical (unpaired) electrons. The number of phenolic OH excluding ortho intramolecular Hbond substituents is 2. The molecule has 6 nitrogen and oxygen atoms in total. The van der Waals surface area contributed by atoms with Crippen LogP contribution in [0.2, 0.25) is 0 Å². The molecule has 0 aliphatic carbocycles. The molecule has 38 heavy (non-hydrogen) atoms. The van der Waals surface area contributed by atoms with Crippen LogP contribution in [0.5, 0.6) is 34.5 Å². The number of methoxy groups -OCH3 is 4. The predicted molar refractivity (Wildman–Crippen MR) is 149 cm³/mol. The van der Waals surface area contributed by atoms with Crippen molar-refractivity contribution in [2.75, 3.05) is 28.4 Å². The number of ether oxygens (including phenoxy) is 4. The van der Waals surface area contributed by atoms with Gasteiger partial charge in [-0.1, -0.05) is 24.3 Å². The van der Waals surface area contributed by atoms with Gasteiger partial charge in [0.05, 0.1) is 28.4 Å². The molecule has 0 fully saturated rings. The lowest BCUT2D eigenvalue weighted by atomic mass is 9.89. The van der Waals surface area contributed by atoms with Crippen molar-refractivity contribution >= 4 is 0 Å². The Morgan fingerprint density at radius 3 is 1.08 bits per heavy atom. The van der Waals surface area contributed by atoms with E-state index in [1.165, 1.54) is 0 Å². The van der Waals surface area contributed by atoms with Gasteiger partial charge in [-0.25, -0.2) is 0 Å². The first-order valence-electron chi connectivity index (χ1n) is 12.5. The summed E-state index contributed by atoms with van der Waals surface area (Å²) in [6.07, 6.45) is 3.09. The number of phenols is 2. The van der Waals surface area contributed by atoms with Crippen LogP contribution in [0, 0.1) is 0 Å². The first-order chi connectivity index (χ1) is 18.4. The highest BCUT2D eigenvalue weighted by atomic mass is 16.5. The van der Waals surface area contributed by atoms with Gasteiger partial charge in [0.25, 0.3) is 0 Å². The second kappa shape index (κ2) is 12.3. The zero-order valence-corrected chi connectivity index (χ0v) is 22.3. The van der Waals surface area contributed by atoms with Crippen molar-refractivity contribution in [1.82, 2.24) is 0 Å². The van der Waals surface area contributed by atoms with Gasteiger partial charge in [0.1, 0.15) is 11.5 Å². The van der Waals surface area contributed by atoms with E-state index in [1.54, 1.807) is 52.7 Å². The lowest BCUT2D eigenvalue weighted by Gasteiger charge is -2.20. The molecular weight excluding hydrogens is 480 g/mol. The summed E-state index contributed by atoms with van der Waals surface area (Å²) in [7, 11) is 6.55. The average molecular weight is 515 g/mol. The average Bonchev–Trinajstić information content (AvgIpc) is 2.95. The molecule has 0 aromatic heterocycles. The van der Waals surface area contributed by atoms with E-state index in [4.69, 9.17) is 18.9 Å². The second-order valence-corrected chi connectivity index (χ2v) is 9.06. The standard InChI is InChI=1S/C32H34O6/c1-35-29-17-23(11-5-21-7-13-25(33)14-8-21)27(19-31(29)37-3)28-20-32(38-4)30(36-2)18-24(28)12-6-22-9-15-26(34)16-10-22/h7-10,13-20,33-34H,5-6,11-12H2,1-4H3. The van der Waals surface area contributed by atoms with E-state index >= 15 is 0 Å². The van der Waals surface area contributed by atoms with Crippen LogP contribution in [0.15, 0.2) is 72.8 Å². The Labute approximate surface area is 224 Å². The van der Waals surface area contributed by atoms with Gasteiger partial charge in [0.15, 0.2) is 23.0 Å². The normalized spacial score (nSPS) is 10.7. The van der Waals surface area contributed by atoms with Crippen molar-refractivity contribution in [2.45, 2.75) is 25.7 Å². The van der Waals surface area contributed by atoms with Crippen LogP contribution in [-0.4, -0.2) is 38.7 Å². The van der Waals surface area contributed by atoms with Gasteiger partial charge in [-0.05, 0) is 108 Å².